The van der Waals surface area contributed by atoms with Crippen molar-refractivity contribution in [3.05, 3.63) is 84.1 Å². The first kappa shape index (κ1) is 20.4. The highest BCUT2D eigenvalue weighted by Crippen LogP contribution is 2.32. The van der Waals surface area contributed by atoms with Gasteiger partial charge in [0.15, 0.2) is 0 Å². The van der Waals surface area contributed by atoms with Crippen LogP contribution in [-0.4, -0.2) is 61.0 Å². The lowest BCUT2D eigenvalue weighted by Crippen LogP contribution is -2.43. The van der Waals surface area contributed by atoms with Crippen LogP contribution in [0, 0.1) is 0 Å². The highest BCUT2D eigenvalue weighted by Gasteiger charge is 2.39. The van der Waals surface area contributed by atoms with Crippen molar-refractivity contribution < 1.29 is 14.3 Å². The van der Waals surface area contributed by atoms with Crippen LogP contribution >= 0.6 is 0 Å². The number of nitrogens with zero attached hydrogens (tertiary/aromatic N) is 2. The Kier molecular flexibility index (Phi) is 5.71. The molecule has 3 aromatic rings. The van der Waals surface area contributed by atoms with E-state index in [1.165, 1.54) is 4.90 Å². The van der Waals surface area contributed by atoms with Crippen LogP contribution in [0.25, 0.3) is 16.3 Å². The molecule has 1 N–H and O–H groups in total. The van der Waals surface area contributed by atoms with E-state index in [1.54, 1.807) is 0 Å². The van der Waals surface area contributed by atoms with Gasteiger partial charge in [-0.05, 0) is 17.0 Å². The van der Waals surface area contributed by atoms with Gasteiger partial charge in [-0.2, -0.15) is 0 Å². The van der Waals surface area contributed by atoms with Gasteiger partial charge in [-0.1, -0.05) is 66.7 Å². The van der Waals surface area contributed by atoms with E-state index in [4.69, 9.17) is 4.74 Å². The molecule has 0 spiro atoms. The molecule has 2 aliphatic heterocycles. The molecule has 0 bridgehead atoms. The number of carbonyl (C=O) groups is 2. The van der Waals surface area contributed by atoms with Gasteiger partial charge in [0.1, 0.15) is 5.70 Å². The molecule has 0 saturated carbocycles. The van der Waals surface area contributed by atoms with E-state index in [9.17, 15) is 9.59 Å². The molecule has 1 fully saturated rings. The predicted molar refractivity (Wildman–Crippen MR) is 125 cm³/mol. The maximum Gasteiger partial charge on any atom is 0.278 e. The average Bonchev–Trinajstić information content (AvgIpc) is 3.08. The van der Waals surface area contributed by atoms with Crippen LogP contribution in [0.5, 0.6) is 0 Å². The third-order valence-corrected chi connectivity index (χ3v) is 6.02. The van der Waals surface area contributed by atoms with Crippen molar-refractivity contribution in [1.82, 2.24) is 9.80 Å². The molecule has 0 atom stereocenters. The fourth-order valence-corrected chi connectivity index (χ4v) is 4.30. The molecule has 2 heterocycles. The lowest BCUT2D eigenvalue weighted by atomic mass is 10.0. The van der Waals surface area contributed by atoms with E-state index in [-0.39, 0.29) is 11.8 Å². The number of morpholine rings is 1. The van der Waals surface area contributed by atoms with Crippen LogP contribution in [0.3, 0.4) is 0 Å². The van der Waals surface area contributed by atoms with Gasteiger partial charge in [-0.25, -0.2) is 0 Å². The quantitative estimate of drug-likeness (QED) is 0.612. The Labute approximate surface area is 187 Å². The number of rotatable bonds is 6. The van der Waals surface area contributed by atoms with E-state index >= 15 is 0 Å². The third kappa shape index (κ3) is 3.90. The number of anilines is 1. The predicted octanol–water partition coefficient (Wildman–Crippen LogP) is 3.36. The third-order valence-electron chi connectivity index (χ3n) is 6.02. The molecule has 1 saturated heterocycles. The van der Waals surface area contributed by atoms with Crippen LogP contribution < -0.4 is 5.32 Å². The highest BCUT2D eigenvalue weighted by molar-refractivity contribution is 6.36. The van der Waals surface area contributed by atoms with Gasteiger partial charge < -0.3 is 10.1 Å². The molecule has 32 heavy (non-hydrogen) atoms. The first-order chi connectivity index (χ1) is 15.7. The summed E-state index contributed by atoms with van der Waals surface area (Å²) < 4.78 is 5.40. The maximum absolute atomic E-state index is 13.5. The van der Waals surface area contributed by atoms with Gasteiger partial charge in [0.25, 0.3) is 11.8 Å². The van der Waals surface area contributed by atoms with Gasteiger partial charge >= 0.3 is 0 Å². The summed E-state index contributed by atoms with van der Waals surface area (Å²) in [6, 6.07) is 23.3. The number of nitrogens with one attached hydrogen (secondary N) is 1. The molecule has 6 heteroatoms. The molecule has 0 unspecified atom stereocenters. The van der Waals surface area contributed by atoms with E-state index in [0.29, 0.717) is 37.6 Å². The number of carbonyl (C=O) groups excluding carboxylic acids is 2. The second-order valence-corrected chi connectivity index (χ2v) is 7.98. The summed E-state index contributed by atoms with van der Waals surface area (Å²) >= 11 is 0. The van der Waals surface area contributed by atoms with Crippen molar-refractivity contribution in [3.63, 3.8) is 0 Å². The minimum atomic E-state index is -0.282. The monoisotopic (exact) mass is 427 g/mol. The van der Waals surface area contributed by atoms with Crippen molar-refractivity contribution in [1.29, 1.82) is 0 Å². The molecule has 2 aliphatic rings. The molecule has 0 aliphatic carbocycles. The van der Waals surface area contributed by atoms with Crippen LogP contribution in [0.4, 0.5) is 5.69 Å². The molecule has 162 valence electrons. The second-order valence-electron chi connectivity index (χ2n) is 7.98. The van der Waals surface area contributed by atoms with Gasteiger partial charge in [0.05, 0.1) is 18.8 Å². The number of hydrogen-bond donors (Lipinski definition) is 1. The van der Waals surface area contributed by atoms with E-state index in [0.717, 1.165) is 35.1 Å². The van der Waals surface area contributed by atoms with Gasteiger partial charge in [0, 0.05) is 37.3 Å². The second kappa shape index (κ2) is 8.94. The van der Waals surface area contributed by atoms with Crippen LogP contribution in [0.1, 0.15) is 5.56 Å². The maximum atomic E-state index is 13.5. The Morgan fingerprint density at radius 3 is 2.31 bits per heavy atom. The van der Waals surface area contributed by atoms with Crippen LogP contribution in [-0.2, 0) is 14.3 Å². The zero-order chi connectivity index (χ0) is 21.9. The van der Waals surface area contributed by atoms with Gasteiger partial charge in [-0.3, -0.25) is 19.4 Å². The van der Waals surface area contributed by atoms with Crippen molar-refractivity contribution in [2.75, 3.05) is 44.7 Å². The molecule has 6 nitrogen and oxygen atoms in total. The first-order valence-corrected chi connectivity index (χ1v) is 10.9. The molecule has 5 rings (SSSR count). The summed E-state index contributed by atoms with van der Waals surface area (Å²) in [4.78, 5) is 30.5. The SMILES string of the molecule is O=C1C(Nc2cccc3ccccc23)=C(c2ccccc2)C(=O)N1CCN1CCOCC1. The Morgan fingerprint density at radius 1 is 0.781 bits per heavy atom. The zero-order valence-corrected chi connectivity index (χ0v) is 17.8. The fourth-order valence-electron chi connectivity index (χ4n) is 4.30. The van der Waals surface area contributed by atoms with Crippen molar-refractivity contribution >= 4 is 33.8 Å². The number of benzene rings is 3. The summed E-state index contributed by atoms with van der Waals surface area (Å²) in [7, 11) is 0. The summed E-state index contributed by atoms with van der Waals surface area (Å²) in [6.45, 7) is 4.00. The van der Waals surface area contributed by atoms with E-state index < -0.39 is 0 Å². The largest absolute Gasteiger partial charge is 0.379 e. The minimum absolute atomic E-state index is 0.253. The van der Waals surface area contributed by atoms with Gasteiger partial charge in [0.2, 0.25) is 0 Å². The smallest absolute Gasteiger partial charge is 0.278 e. The van der Waals surface area contributed by atoms with Gasteiger partial charge in [-0.15, -0.1) is 0 Å². The Morgan fingerprint density at radius 2 is 1.50 bits per heavy atom. The van der Waals surface area contributed by atoms with Crippen LogP contribution in [0.15, 0.2) is 78.5 Å². The Hall–Kier alpha value is -3.48. The topological polar surface area (TPSA) is 61.9 Å². The molecule has 2 amide bonds. The summed E-state index contributed by atoms with van der Waals surface area (Å²) in [5.74, 6) is -0.535. The lowest BCUT2D eigenvalue weighted by molar-refractivity contribution is -0.137. The summed E-state index contributed by atoms with van der Waals surface area (Å²) in [5.41, 5.74) is 2.30. The van der Waals surface area contributed by atoms with E-state index in [2.05, 4.69) is 10.2 Å². The first-order valence-electron chi connectivity index (χ1n) is 10.9. The normalized spacial score (nSPS) is 17.4. The molecule has 0 radical (unpaired) electrons. The number of amides is 2. The Bertz CT molecular complexity index is 1180. The minimum Gasteiger partial charge on any atom is -0.379 e. The highest BCUT2D eigenvalue weighted by atomic mass is 16.5. The molecular formula is C26H25N3O3. The Balaban J connectivity index is 1.48. The van der Waals surface area contributed by atoms with Crippen LogP contribution in [0.2, 0.25) is 0 Å². The fraction of sp³-hybridized carbons (Fsp3) is 0.231. The number of imide groups is 1. The number of hydrogen-bond acceptors (Lipinski definition) is 5. The van der Waals surface area contributed by atoms with Crippen molar-refractivity contribution in [2.24, 2.45) is 0 Å². The molecular weight excluding hydrogens is 402 g/mol. The lowest BCUT2D eigenvalue weighted by Gasteiger charge is -2.28. The number of fused-ring (bicyclic) bond motifs is 1. The number of ether oxygens (including phenoxy) is 1. The molecule has 3 aromatic carbocycles. The summed E-state index contributed by atoms with van der Waals surface area (Å²) in [5, 5.41) is 5.39. The zero-order valence-electron chi connectivity index (χ0n) is 17.8. The molecule has 0 aromatic heterocycles. The average molecular weight is 428 g/mol. The summed E-state index contributed by atoms with van der Waals surface area (Å²) in [6.07, 6.45) is 0. The standard InChI is InChI=1S/C26H25N3O3/c30-25-23(20-8-2-1-3-9-20)24(26(31)29(25)14-13-28-15-17-32-18-16-28)27-22-12-6-10-19-7-4-5-11-21(19)22/h1-12,27H,13-18H2. The van der Waals surface area contributed by atoms with Crippen molar-refractivity contribution in [3.8, 4) is 0 Å². The van der Waals surface area contributed by atoms with E-state index in [1.807, 2.05) is 72.8 Å². The van der Waals surface area contributed by atoms with Crippen molar-refractivity contribution in [2.45, 2.75) is 0 Å².